The third kappa shape index (κ3) is 10.5. The molecule has 1 heterocycles. The summed E-state index contributed by atoms with van der Waals surface area (Å²) in [5.74, 6) is 1.95. The third-order valence-corrected chi connectivity index (χ3v) is 7.91. The van der Waals surface area contributed by atoms with Crippen LogP contribution in [0.5, 0.6) is 11.5 Å². The van der Waals surface area contributed by atoms with Crippen LogP contribution in [0.4, 0.5) is 0 Å². The molecule has 1 aliphatic rings. The van der Waals surface area contributed by atoms with Gasteiger partial charge in [0.05, 0.1) is 52.4 Å². The maximum absolute atomic E-state index is 9.36. The highest BCUT2D eigenvalue weighted by Crippen LogP contribution is 2.30. The highest BCUT2D eigenvalue weighted by Gasteiger charge is 2.27. The first-order chi connectivity index (χ1) is 22.2. The molecule has 0 aromatic heterocycles. The van der Waals surface area contributed by atoms with Gasteiger partial charge in [-0.05, 0) is 70.8 Å². The summed E-state index contributed by atoms with van der Waals surface area (Å²) in [5, 5.41) is 23.9. The summed E-state index contributed by atoms with van der Waals surface area (Å²) >= 11 is 0. The number of fused-ring (bicyclic) bond motifs is 1. The molecule has 3 atom stereocenters. The van der Waals surface area contributed by atoms with E-state index in [1.807, 2.05) is 36.4 Å². The van der Waals surface area contributed by atoms with Crippen molar-refractivity contribution in [3.05, 3.63) is 108 Å². The van der Waals surface area contributed by atoms with Crippen LogP contribution < -0.4 is 14.8 Å². The highest BCUT2D eigenvalue weighted by molar-refractivity contribution is 5.84. The van der Waals surface area contributed by atoms with E-state index in [4.69, 9.17) is 28.8 Å². The largest absolute Gasteiger partial charge is 0.494 e. The molecule has 8 heteroatoms. The quantitative estimate of drug-likeness (QED) is 0.131. The number of rotatable bonds is 18. The van der Waals surface area contributed by atoms with Crippen LogP contribution in [0.2, 0.25) is 0 Å². The van der Waals surface area contributed by atoms with Crippen molar-refractivity contribution in [2.24, 2.45) is 0 Å². The molecule has 1 unspecified atom stereocenters. The SMILES string of the molecule is OCC(O)COCCOc1ccc2ccc(CO[C@H]3CNCC[C@@H]3c3ccc(OCCCOCc4ccccc4)cc3)cc2c1. The van der Waals surface area contributed by atoms with Crippen LogP contribution in [0.3, 0.4) is 0 Å². The molecular formula is C37H45NO7. The van der Waals surface area contributed by atoms with Gasteiger partial charge in [0.25, 0.3) is 0 Å². The molecule has 0 radical (unpaired) electrons. The Morgan fingerprint density at radius 2 is 1.53 bits per heavy atom. The van der Waals surface area contributed by atoms with Crippen LogP contribution in [0.1, 0.15) is 35.4 Å². The van der Waals surface area contributed by atoms with Crippen LogP contribution >= 0.6 is 0 Å². The second-order valence-electron chi connectivity index (χ2n) is 11.4. The lowest BCUT2D eigenvalue weighted by Crippen LogP contribution is -2.40. The zero-order chi connectivity index (χ0) is 31.1. The Labute approximate surface area is 265 Å². The molecule has 1 saturated heterocycles. The number of hydrogen-bond acceptors (Lipinski definition) is 8. The average Bonchev–Trinajstić information content (AvgIpc) is 3.09. The van der Waals surface area contributed by atoms with Gasteiger partial charge in [-0.25, -0.2) is 0 Å². The van der Waals surface area contributed by atoms with E-state index in [0.29, 0.717) is 45.6 Å². The molecule has 0 saturated carbocycles. The maximum atomic E-state index is 9.36. The molecule has 4 aromatic rings. The molecular weight excluding hydrogens is 570 g/mol. The third-order valence-electron chi connectivity index (χ3n) is 7.91. The van der Waals surface area contributed by atoms with Gasteiger partial charge >= 0.3 is 0 Å². The minimum absolute atomic E-state index is 0.0713. The Balaban J connectivity index is 1.07. The molecule has 0 bridgehead atoms. The van der Waals surface area contributed by atoms with Crippen LogP contribution in [0.25, 0.3) is 10.8 Å². The Kier molecular flexibility index (Phi) is 13.0. The maximum Gasteiger partial charge on any atom is 0.120 e. The summed E-state index contributed by atoms with van der Waals surface area (Å²) < 4.78 is 29.4. The van der Waals surface area contributed by atoms with E-state index in [-0.39, 0.29) is 19.3 Å². The standard InChI is InChI=1S/C37H45NO7/c39-24-33(40)27-42-19-20-44-35-14-9-30-8-7-29(21-32(30)22-35)26-45-37-23-38-16-15-36(37)31-10-12-34(13-11-31)43-18-4-17-41-25-28-5-2-1-3-6-28/h1-3,5-14,21-22,33,36-40H,4,15-20,23-27H2/t33?,36-,37+/m1/s1. The van der Waals surface area contributed by atoms with Crippen molar-refractivity contribution >= 4 is 10.8 Å². The Morgan fingerprint density at radius 1 is 0.733 bits per heavy atom. The molecule has 1 aliphatic heterocycles. The van der Waals surface area contributed by atoms with Gasteiger partial charge < -0.3 is 39.2 Å². The van der Waals surface area contributed by atoms with Gasteiger partial charge in [0.1, 0.15) is 24.2 Å². The van der Waals surface area contributed by atoms with E-state index >= 15 is 0 Å². The molecule has 1 fully saturated rings. The van der Waals surface area contributed by atoms with Crippen molar-refractivity contribution in [2.45, 2.75) is 44.2 Å². The molecule has 3 N–H and O–H groups in total. The monoisotopic (exact) mass is 615 g/mol. The fourth-order valence-electron chi connectivity index (χ4n) is 5.46. The van der Waals surface area contributed by atoms with Gasteiger partial charge in [-0.15, -0.1) is 0 Å². The summed E-state index contributed by atoms with van der Waals surface area (Å²) in [6.07, 6.45) is 1.07. The van der Waals surface area contributed by atoms with E-state index < -0.39 is 6.10 Å². The van der Waals surface area contributed by atoms with Crippen LogP contribution in [-0.2, 0) is 27.4 Å². The smallest absolute Gasteiger partial charge is 0.120 e. The van der Waals surface area contributed by atoms with E-state index in [9.17, 15) is 5.11 Å². The fraction of sp³-hybridized carbons (Fsp3) is 0.405. The molecule has 240 valence electrons. The second-order valence-corrected chi connectivity index (χ2v) is 11.4. The molecule has 5 rings (SSSR count). The number of hydrogen-bond donors (Lipinski definition) is 3. The zero-order valence-electron chi connectivity index (χ0n) is 25.8. The summed E-state index contributed by atoms with van der Waals surface area (Å²) in [4.78, 5) is 0. The molecule has 8 nitrogen and oxygen atoms in total. The van der Waals surface area contributed by atoms with Gasteiger partial charge in [0.15, 0.2) is 0 Å². The lowest BCUT2D eigenvalue weighted by Gasteiger charge is -2.32. The lowest BCUT2D eigenvalue weighted by atomic mass is 9.87. The topological polar surface area (TPSA) is 98.6 Å². The number of aliphatic hydroxyl groups excluding tert-OH is 2. The molecule has 45 heavy (non-hydrogen) atoms. The summed E-state index contributed by atoms with van der Waals surface area (Å²) in [6.45, 7) is 4.70. The summed E-state index contributed by atoms with van der Waals surface area (Å²) in [6, 6.07) is 31.1. The number of nitrogens with one attached hydrogen (secondary N) is 1. The number of piperidine rings is 1. The summed E-state index contributed by atoms with van der Waals surface area (Å²) in [7, 11) is 0. The Bertz CT molecular complexity index is 1420. The lowest BCUT2D eigenvalue weighted by molar-refractivity contribution is -0.00137. The van der Waals surface area contributed by atoms with Crippen LogP contribution in [0.15, 0.2) is 91.0 Å². The first-order valence-corrected chi connectivity index (χ1v) is 15.9. The number of benzene rings is 4. The minimum atomic E-state index is -0.863. The first-order valence-electron chi connectivity index (χ1n) is 15.9. The minimum Gasteiger partial charge on any atom is -0.494 e. The Morgan fingerprint density at radius 3 is 2.38 bits per heavy atom. The van der Waals surface area contributed by atoms with E-state index in [1.54, 1.807) is 0 Å². The first kappa shape index (κ1) is 32.9. The van der Waals surface area contributed by atoms with Crippen molar-refractivity contribution in [3.63, 3.8) is 0 Å². The van der Waals surface area contributed by atoms with E-state index in [2.05, 4.69) is 59.9 Å². The Hall–Kier alpha value is -3.50. The zero-order valence-corrected chi connectivity index (χ0v) is 25.8. The number of aliphatic hydroxyl groups is 2. The van der Waals surface area contributed by atoms with E-state index in [0.717, 1.165) is 53.8 Å². The molecule has 0 aliphatic carbocycles. The van der Waals surface area contributed by atoms with Crippen molar-refractivity contribution in [2.75, 3.05) is 52.7 Å². The second kappa shape index (κ2) is 17.8. The van der Waals surface area contributed by atoms with Gasteiger partial charge in [-0.3, -0.25) is 0 Å². The predicted molar refractivity (Wildman–Crippen MR) is 175 cm³/mol. The van der Waals surface area contributed by atoms with Crippen molar-refractivity contribution in [3.8, 4) is 11.5 Å². The summed E-state index contributed by atoms with van der Waals surface area (Å²) in [5.41, 5.74) is 3.57. The predicted octanol–water partition coefficient (Wildman–Crippen LogP) is 5.24. The normalized spacial score (nSPS) is 17.3. The number of ether oxygens (including phenoxy) is 5. The molecule has 0 spiro atoms. The van der Waals surface area contributed by atoms with Gasteiger partial charge in [0, 0.05) is 18.9 Å². The van der Waals surface area contributed by atoms with Crippen LogP contribution in [-0.4, -0.2) is 75.2 Å². The van der Waals surface area contributed by atoms with Crippen molar-refractivity contribution < 1.29 is 33.9 Å². The highest BCUT2D eigenvalue weighted by atomic mass is 16.5. The fourth-order valence-corrected chi connectivity index (χ4v) is 5.46. The molecule has 4 aromatic carbocycles. The van der Waals surface area contributed by atoms with Gasteiger partial charge in [-0.2, -0.15) is 0 Å². The van der Waals surface area contributed by atoms with Gasteiger partial charge in [0.2, 0.25) is 0 Å². The van der Waals surface area contributed by atoms with Crippen molar-refractivity contribution in [1.82, 2.24) is 5.32 Å². The van der Waals surface area contributed by atoms with Crippen molar-refractivity contribution in [1.29, 1.82) is 0 Å². The van der Waals surface area contributed by atoms with Gasteiger partial charge in [-0.1, -0.05) is 60.7 Å². The van der Waals surface area contributed by atoms with E-state index in [1.165, 1.54) is 11.1 Å². The molecule has 0 amide bonds. The van der Waals surface area contributed by atoms with Crippen LogP contribution in [0, 0.1) is 0 Å². The average molecular weight is 616 g/mol.